The van der Waals surface area contributed by atoms with Crippen LogP contribution < -0.4 is 9.44 Å². The van der Waals surface area contributed by atoms with Crippen LogP contribution in [0.3, 0.4) is 0 Å². The van der Waals surface area contributed by atoms with Crippen LogP contribution in [0.4, 0.5) is 11.4 Å². The Hall–Kier alpha value is -7.88. The second kappa shape index (κ2) is 31.7. The van der Waals surface area contributed by atoms with Crippen molar-refractivity contribution in [2.45, 2.75) is 169 Å². The zero-order valence-corrected chi connectivity index (χ0v) is 56.1. The lowest BCUT2D eigenvalue weighted by molar-refractivity contribution is -0.176. The molecule has 2 aromatic heterocycles. The van der Waals surface area contributed by atoms with E-state index in [9.17, 15) is 45.6 Å². The molecule has 0 bridgehead atoms. The molecule has 0 unspecified atom stereocenters. The Labute approximate surface area is 528 Å². The van der Waals surface area contributed by atoms with Gasteiger partial charge in [-0.2, -0.15) is 10.2 Å². The quantitative estimate of drug-likeness (QED) is 0.0878. The number of sulfonamides is 2. The fourth-order valence-electron chi connectivity index (χ4n) is 10.3. The number of nitrogens with zero attached hydrogens (tertiary/aromatic N) is 8. The van der Waals surface area contributed by atoms with Gasteiger partial charge >= 0.3 is 23.9 Å². The van der Waals surface area contributed by atoms with E-state index in [1.807, 2.05) is 55.4 Å². The number of likely N-dealkylation sites (N-methyl/N-ethyl adjacent to an activating group) is 4. The number of carbonyl (C=O) groups excluding carboxylic acids is 8. The maximum atomic E-state index is 15.1. The molecule has 1 fully saturated rings. The molecule has 8 atom stereocenters. The van der Waals surface area contributed by atoms with Crippen molar-refractivity contribution < 1.29 is 74.1 Å². The summed E-state index contributed by atoms with van der Waals surface area (Å²) in [7, 11) is -1.73. The lowest BCUT2D eigenvalue weighted by Crippen LogP contribution is -2.55. The SMILES string of the molecule is CC(C)C[C@H]1C(=O)O[C@H](Cc2ccc(Cn3cc(NS(C)(=O)=O)cn3)cc2)C(=O)N(C)[C@@H](CC(C)C)C(=O)O[C@H](C)C(=O)N(C)[C@@H](CC(C)C)C(=O)O[C@H](Cc2ccc(Cn3cc(NS(C)(=O)=O)cn3)cc2)C(=O)N(C)[C@@H](CC(C)C)C(=O)O[C@H](C)C(=O)N1C. The van der Waals surface area contributed by atoms with Crippen molar-refractivity contribution in [3.05, 3.63) is 95.6 Å². The second-order valence-corrected chi connectivity index (χ2v) is 28.5. The lowest BCUT2D eigenvalue weighted by atomic mass is 9.99. The van der Waals surface area contributed by atoms with E-state index in [1.165, 1.54) is 76.2 Å². The summed E-state index contributed by atoms with van der Waals surface area (Å²) in [4.78, 5) is 122. The van der Waals surface area contributed by atoms with Gasteiger partial charge in [0.25, 0.3) is 23.6 Å². The fourth-order valence-corrected chi connectivity index (χ4v) is 11.3. The van der Waals surface area contributed by atoms with E-state index in [2.05, 4.69) is 19.6 Å². The molecule has 90 heavy (non-hydrogen) atoms. The number of esters is 4. The molecule has 496 valence electrons. The average Bonchev–Trinajstić information content (AvgIpc) is 1.37. The average molecular weight is 1300 g/mol. The number of hydrogen-bond acceptors (Lipinski definition) is 18. The van der Waals surface area contributed by atoms with Gasteiger partial charge in [-0.25, -0.2) is 36.0 Å². The smallest absolute Gasteiger partial charge is 0.329 e. The van der Waals surface area contributed by atoms with Crippen LogP contribution in [0.25, 0.3) is 0 Å². The van der Waals surface area contributed by atoms with Crippen LogP contribution in [0.15, 0.2) is 73.3 Å². The molecule has 0 saturated carbocycles. The maximum absolute atomic E-state index is 15.1. The molecule has 0 aliphatic carbocycles. The van der Waals surface area contributed by atoms with E-state index in [-0.39, 0.29) is 86.7 Å². The van der Waals surface area contributed by atoms with Crippen molar-refractivity contribution in [2.24, 2.45) is 23.7 Å². The molecule has 2 N–H and O–H groups in total. The molecule has 26 nitrogen and oxygen atoms in total. The third-order valence-corrected chi connectivity index (χ3v) is 16.1. The molecule has 5 rings (SSSR count). The minimum atomic E-state index is -3.55. The van der Waals surface area contributed by atoms with E-state index >= 15 is 9.59 Å². The number of rotatable bonds is 20. The van der Waals surface area contributed by atoms with Crippen molar-refractivity contribution in [3.63, 3.8) is 0 Å². The normalized spacial score (nSPS) is 22.3. The van der Waals surface area contributed by atoms with E-state index in [4.69, 9.17) is 18.9 Å². The standard InChI is InChI=1S/C62H90N10O16S2/c1-37(2)25-49-59(77)85-41(9)55(73)67(11)52(28-40(7)8)62(80)88-54(30-44-19-23-46(24-20-44)34-72-36-48(32-64-72)66-90(16,83)84)58(76)70(14)50(26-38(3)4)60(78)86-42(10)56(74)68(12)51(27-39(5)6)61(79)87-53(57(75)69(49)13)29-43-17-21-45(22-18-43)33-71-35-47(31-63-71)65-89(15,81)82/h17-24,31-32,35-42,49-54,65-66H,25-30,33-34H2,1-16H3/t41-,42-,49+,50+,51+,52+,53-,54-/m1/s1. The molecule has 1 saturated heterocycles. The Bertz CT molecular complexity index is 3150. The lowest BCUT2D eigenvalue weighted by Gasteiger charge is -2.35. The highest BCUT2D eigenvalue weighted by Gasteiger charge is 2.43. The van der Waals surface area contributed by atoms with Gasteiger partial charge < -0.3 is 38.5 Å². The van der Waals surface area contributed by atoms with Crippen molar-refractivity contribution in [1.82, 2.24) is 39.2 Å². The molecule has 4 aromatic rings. The van der Waals surface area contributed by atoms with Gasteiger partial charge in [0, 0.05) is 53.4 Å². The van der Waals surface area contributed by atoms with Gasteiger partial charge in [0.15, 0.2) is 24.4 Å². The third-order valence-electron chi connectivity index (χ3n) is 14.9. The van der Waals surface area contributed by atoms with Crippen molar-refractivity contribution >= 4 is 78.9 Å². The number of nitrogens with one attached hydrogen (secondary N) is 2. The number of anilines is 2. The molecule has 1 aliphatic rings. The van der Waals surface area contributed by atoms with Crippen molar-refractivity contribution in [2.75, 3.05) is 50.1 Å². The zero-order valence-electron chi connectivity index (χ0n) is 54.4. The predicted octanol–water partition coefficient (Wildman–Crippen LogP) is 4.90. The van der Waals surface area contributed by atoms with E-state index < -0.39 is 116 Å². The number of cyclic esters (lactones) is 4. The largest absolute Gasteiger partial charge is 0.451 e. The zero-order chi connectivity index (χ0) is 67.3. The number of hydrogen-bond donors (Lipinski definition) is 2. The predicted molar refractivity (Wildman–Crippen MR) is 335 cm³/mol. The van der Waals surface area contributed by atoms with Crippen molar-refractivity contribution in [1.29, 1.82) is 0 Å². The Morgan fingerprint density at radius 2 is 0.678 bits per heavy atom. The van der Waals surface area contributed by atoms with E-state index in [0.29, 0.717) is 11.1 Å². The molecule has 3 heterocycles. The first-order valence-corrected chi connectivity index (χ1v) is 33.7. The summed E-state index contributed by atoms with van der Waals surface area (Å²) in [5.74, 6) is -8.17. The molecule has 1 aliphatic heterocycles. The molecule has 0 radical (unpaired) electrons. The Morgan fingerprint density at radius 1 is 0.422 bits per heavy atom. The van der Waals surface area contributed by atoms with Crippen LogP contribution in [-0.2, 0) is 103 Å². The van der Waals surface area contributed by atoms with Crippen molar-refractivity contribution in [3.8, 4) is 0 Å². The third kappa shape index (κ3) is 21.7. The van der Waals surface area contributed by atoms with Crippen LogP contribution in [-0.4, -0.2) is 193 Å². The Balaban J connectivity index is 1.57. The van der Waals surface area contributed by atoms with Crippen LogP contribution in [0, 0.1) is 23.7 Å². The van der Waals surface area contributed by atoms with Gasteiger partial charge in [-0.15, -0.1) is 0 Å². The first-order chi connectivity index (χ1) is 41.9. The molecule has 28 heteroatoms. The highest BCUT2D eigenvalue weighted by atomic mass is 32.2. The van der Waals surface area contributed by atoms with Crippen LogP contribution >= 0.6 is 0 Å². The summed E-state index contributed by atoms with van der Waals surface area (Å²) in [5.41, 5.74) is 3.04. The van der Waals surface area contributed by atoms with Gasteiger partial charge in [0.1, 0.15) is 24.2 Å². The summed E-state index contributed by atoms with van der Waals surface area (Å²) in [6, 6.07) is 8.38. The van der Waals surface area contributed by atoms with Gasteiger partial charge in [0.05, 0.1) is 49.4 Å². The maximum Gasteiger partial charge on any atom is 0.329 e. The second-order valence-electron chi connectivity index (χ2n) is 25.0. The minimum absolute atomic E-state index is 0.0228. The number of amides is 4. The van der Waals surface area contributed by atoms with Gasteiger partial charge in [-0.3, -0.25) is 38.0 Å². The highest BCUT2D eigenvalue weighted by molar-refractivity contribution is 7.92. The first kappa shape index (κ1) is 72.9. The number of ether oxygens (including phenoxy) is 4. The molecule has 2 aromatic carbocycles. The number of aromatic nitrogens is 4. The van der Waals surface area contributed by atoms with Crippen LogP contribution in [0.5, 0.6) is 0 Å². The van der Waals surface area contributed by atoms with E-state index in [0.717, 1.165) is 43.2 Å². The monoisotopic (exact) mass is 1290 g/mol. The number of benzene rings is 2. The summed E-state index contributed by atoms with van der Waals surface area (Å²) in [5, 5.41) is 8.46. The topological polar surface area (TPSA) is 314 Å². The first-order valence-electron chi connectivity index (χ1n) is 29.9. The Morgan fingerprint density at radius 3 is 0.944 bits per heavy atom. The highest BCUT2D eigenvalue weighted by Crippen LogP contribution is 2.25. The molecular weight excluding hydrogens is 1200 g/mol. The van der Waals surface area contributed by atoms with Gasteiger partial charge in [-0.1, -0.05) is 104 Å². The molecule has 4 amide bonds. The summed E-state index contributed by atoms with van der Waals surface area (Å²) in [6.45, 7) is 17.6. The summed E-state index contributed by atoms with van der Waals surface area (Å²) in [6.07, 6.45) is 1.10. The molecular formula is C62H90N10O16S2. The number of carbonyl (C=O) groups is 8. The minimum Gasteiger partial charge on any atom is -0.451 e. The Kier molecular flexibility index (Phi) is 25.7. The summed E-state index contributed by atoms with van der Waals surface area (Å²) >= 11 is 0. The van der Waals surface area contributed by atoms with Crippen LogP contribution in [0.1, 0.15) is 117 Å². The van der Waals surface area contributed by atoms with E-state index in [1.54, 1.807) is 48.5 Å². The van der Waals surface area contributed by atoms with Crippen LogP contribution in [0.2, 0.25) is 0 Å². The van der Waals surface area contributed by atoms with Gasteiger partial charge in [-0.05, 0) is 85.5 Å². The molecule has 0 spiro atoms. The fraction of sp³-hybridized carbons (Fsp3) is 0.581. The summed E-state index contributed by atoms with van der Waals surface area (Å²) < 4.78 is 79.2. The van der Waals surface area contributed by atoms with Gasteiger partial charge in [0.2, 0.25) is 20.0 Å².